The molecular formula is C33H33N7O4. The summed E-state index contributed by atoms with van der Waals surface area (Å²) in [6.07, 6.45) is 4.16. The van der Waals surface area contributed by atoms with Gasteiger partial charge in [-0.2, -0.15) is 0 Å². The molecule has 5 rings (SSSR count). The van der Waals surface area contributed by atoms with Crippen LogP contribution in [-0.2, 0) is 9.53 Å². The van der Waals surface area contributed by atoms with Crippen molar-refractivity contribution in [2.75, 3.05) is 52.5 Å². The third kappa shape index (κ3) is 7.44. The van der Waals surface area contributed by atoms with E-state index in [1.165, 1.54) is 18.5 Å². The van der Waals surface area contributed by atoms with Gasteiger partial charge in [0.15, 0.2) is 0 Å². The first kappa shape index (κ1) is 29.9. The van der Waals surface area contributed by atoms with Gasteiger partial charge in [-0.15, -0.1) is 0 Å². The molecule has 2 heterocycles. The third-order valence-corrected chi connectivity index (χ3v) is 7.03. The average molecular weight is 592 g/mol. The van der Waals surface area contributed by atoms with Gasteiger partial charge in [-0.3, -0.25) is 14.4 Å². The minimum atomic E-state index is -0.362. The Kier molecular flexibility index (Phi) is 9.26. The van der Waals surface area contributed by atoms with Crippen LogP contribution in [0.4, 0.5) is 34.4 Å². The molecule has 1 aromatic heterocycles. The first-order valence-corrected chi connectivity index (χ1v) is 14.1. The van der Waals surface area contributed by atoms with E-state index in [9.17, 15) is 14.4 Å². The topological polar surface area (TPSA) is 138 Å². The largest absolute Gasteiger partial charge is 0.378 e. The maximum Gasteiger partial charge on any atom is 0.256 e. The van der Waals surface area contributed by atoms with Crippen LogP contribution in [0.3, 0.4) is 0 Å². The zero-order valence-electron chi connectivity index (χ0n) is 24.5. The van der Waals surface area contributed by atoms with E-state index in [0.717, 1.165) is 29.9 Å². The number of amides is 3. The van der Waals surface area contributed by atoms with Crippen LogP contribution in [-0.4, -0.2) is 54.0 Å². The summed E-state index contributed by atoms with van der Waals surface area (Å²) in [4.78, 5) is 48.6. The Balaban J connectivity index is 1.21. The molecule has 3 aromatic carbocycles. The van der Waals surface area contributed by atoms with Crippen molar-refractivity contribution in [1.29, 1.82) is 0 Å². The lowest BCUT2D eigenvalue weighted by atomic mass is 10.1. The molecule has 0 aliphatic carbocycles. The van der Waals surface area contributed by atoms with Crippen LogP contribution in [0.2, 0.25) is 0 Å². The summed E-state index contributed by atoms with van der Waals surface area (Å²) < 4.78 is 5.44. The van der Waals surface area contributed by atoms with Crippen LogP contribution >= 0.6 is 0 Å². The van der Waals surface area contributed by atoms with Crippen LogP contribution in [0.1, 0.15) is 31.8 Å². The number of rotatable bonds is 9. The van der Waals surface area contributed by atoms with Gasteiger partial charge in [0.25, 0.3) is 11.8 Å². The number of ether oxygens (including phenoxy) is 1. The van der Waals surface area contributed by atoms with E-state index in [4.69, 9.17) is 4.74 Å². The van der Waals surface area contributed by atoms with Gasteiger partial charge in [0.2, 0.25) is 11.9 Å². The molecule has 0 unspecified atom stereocenters. The van der Waals surface area contributed by atoms with Crippen LogP contribution < -0.4 is 26.2 Å². The van der Waals surface area contributed by atoms with Crippen molar-refractivity contribution in [2.45, 2.75) is 13.8 Å². The molecule has 0 saturated carbocycles. The zero-order valence-corrected chi connectivity index (χ0v) is 24.5. The van der Waals surface area contributed by atoms with Gasteiger partial charge in [0.1, 0.15) is 0 Å². The highest BCUT2D eigenvalue weighted by Crippen LogP contribution is 2.24. The number of nitrogens with one attached hydrogen (secondary N) is 4. The lowest BCUT2D eigenvalue weighted by Gasteiger charge is -2.30. The normalized spacial score (nSPS) is 12.6. The Labute approximate surface area is 255 Å². The first-order chi connectivity index (χ1) is 21.3. The molecule has 0 spiro atoms. The summed E-state index contributed by atoms with van der Waals surface area (Å²) >= 11 is 0. The van der Waals surface area contributed by atoms with E-state index in [0.29, 0.717) is 53.0 Å². The summed E-state index contributed by atoms with van der Waals surface area (Å²) in [5, 5.41) is 11.5. The predicted octanol–water partition coefficient (Wildman–Crippen LogP) is 5.30. The van der Waals surface area contributed by atoms with E-state index in [1.54, 1.807) is 42.5 Å². The fraction of sp³-hybridized carbons (Fsp3) is 0.182. The van der Waals surface area contributed by atoms with Crippen molar-refractivity contribution in [3.63, 3.8) is 0 Å². The number of morpholine rings is 1. The maximum absolute atomic E-state index is 13.2. The average Bonchev–Trinajstić information content (AvgIpc) is 3.03. The number of nitrogens with zero attached hydrogens (tertiary/aromatic N) is 3. The zero-order chi connectivity index (χ0) is 31.1. The summed E-state index contributed by atoms with van der Waals surface area (Å²) in [5.41, 5.74) is 5.95. The van der Waals surface area contributed by atoms with Crippen LogP contribution in [0.15, 0.2) is 85.7 Å². The van der Waals surface area contributed by atoms with Gasteiger partial charge in [0, 0.05) is 47.0 Å². The van der Waals surface area contributed by atoms with Crippen molar-refractivity contribution in [1.82, 2.24) is 9.97 Å². The molecule has 1 aliphatic heterocycles. The number of anilines is 6. The number of hydrogen-bond acceptors (Lipinski definition) is 8. The minimum Gasteiger partial charge on any atom is -0.378 e. The SMILES string of the molecule is C=CC(=O)Nc1cccc(Nc2ncc(NC(=O)c3cc(NC(=O)c4ccc(N5CCOCC5)c(C)c4)ccc3C)cn2)c1. The molecule has 0 atom stereocenters. The Hall–Kier alpha value is -5.55. The number of aromatic nitrogens is 2. The van der Waals surface area contributed by atoms with E-state index in [2.05, 4.69) is 42.7 Å². The summed E-state index contributed by atoms with van der Waals surface area (Å²) in [5.74, 6) is -0.628. The third-order valence-electron chi connectivity index (χ3n) is 7.03. The Morgan fingerprint density at radius 3 is 2.23 bits per heavy atom. The van der Waals surface area contributed by atoms with Crippen molar-refractivity contribution in [3.05, 3.63) is 108 Å². The van der Waals surface area contributed by atoms with Crippen LogP contribution in [0.25, 0.3) is 0 Å². The second-order valence-corrected chi connectivity index (χ2v) is 10.2. The maximum atomic E-state index is 13.2. The highest BCUT2D eigenvalue weighted by atomic mass is 16.5. The molecule has 11 heteroatoms. The Morgan fingerprint density at radius 2 is 1.50 bits per heavy atom. The molecule has 1 saturated heterocycles. The van der Waals surface area contributed by atoms with Gasteiger partial charge in [0.05, 0.1) is 31.3 Å². The molecule has 4 aromatic rings. The quantitative estimate of drug-likeness (QED) is 0.192. The lowest BCUT2D eigenvalue weighted by molar-refractivity contribution is -0.111. The summed E-state index contributed by atoms with van der Waals surface area (Å²) in [6, 6.07) is 17.9. The molecule has 1 fully saturated rings. The lowest BCUT2D eigenvalue weighted by Crippen LogP contribution is -2.36. The van der Waals surface area contributed by atoms with Crippen molar-refractivity contribution in [2.24, 2.45) is 0 Å². The van der Waals surface area contributed by atoms with Gasteiger partial charge in [-0.1, -0.05) is 18.7 Å². The van der Waals surface area contributed by atoms with Gasteiger partial charge < -0.3 is 30.9 Å². The number of hydrogen-bond donors (Lipinski definition) is 4. The summed E-state index contributed by atoms with van der Waals surface area (Å²) in [7, 11) is 0. The molecule has 0 bridgehead atoms. The molecule has 1 aliphatic rings. The predicted molar refractivity (Wildman–Crippen MR) is 172 cm³/mol. The minimum absolute atomic E-state index is 0.262. The van der Waals surface area contributed by atoms with Crippen molar-refractivity contribution in [3.8, 4) is 0 Å². The summed E-state index contributed by atoms with van der Waals surface area (Å²) in [6.45, 7) is 10.3. The molecular weight excluding hydrogens is 558 g/mol. The van der Waals surface area contributed by atoms with E-state index >= 15 is 0 Å². The van der Waals surface area contributed by atoms with Crippen LogP contribution in [0, 0.1) is 13.8 Å². The second kappa shape index (κ2) is 13.6. The van der Waals surface area contributed by atoms with Gasteiger partial charge in [-0.05, 0) is 79.6 Å². The number of benzene rings is 3. The molecule has 44 heavy (non-hydrogen) atoms. The van der Waals surface area contributed by atoms with E-state index in [-0.39, 0.29) is 17.7 Å². The fourth-order valence-corrected chi connectivity index (χ4v) is 4.76. The molecule has 4 N–H and O–H groups in total. The smallest absolute Gasteiger partial charge is 0.256 e. The standard InChI is InChI=1S/C33H33N7O4/c1-4-30(41)36-24-6-5-7-25(17-24)39-33-34-19-27(20-35-33)38-32(43)28-18-26(10-8-21(28)2)37-31(42)23-9-11-29(22(3)16-23)40-12-14-44-15-13-40/h4-11,16-20H,1,12-15H2,2-3H3,(H,36,41)(H,37,42)(H,38,43)(H,34,35,39). The van der Waals surface area contributed by atoms with Gasteiger partial charge in [-0.25, -0.2) is 9.97 Å². The molecule has 0 radical (unpaired) electrons. The van der Waals surface area contributed by atoms with Crippen molar-refractivity contribution < 1.29 is 19.1 Å². The van der Waals surface area contributed by atoms with E-state index in [1.807, 2.05) is 32.0 Å². The highest BCUT2D eigenvalue weighted by Gasteiger charge is 2.17. The fourth-order valence-electron chi connectivity index (χ4n) is 4.76. The monoisotopic (exact) mass is 591 g/mol. The molecule has 224 valence electrons. The Bertz CT molecular complexity index is 1700. The first-order valence-electron chi connectivity index (χ1n) is 14.1. The highest BCUT2D eigenvalue weighted by molar-refractivity contribution is 6.08. The molecule has 11 nitrogen and oxygen atoms in total. The number of aryl methyl sites for hydroxylation is 2. The second-order valence-electron chi connectivity index (χ2n) is 10.2. The Morgan fingerprint density at radius 1 is 0.795 bits per heavy atom. The van der Waals surface area contributed by atoms with E-state index < -0.39 is 0 Å². The van der Waals surface area contributed by atoms with Crippen LogP contribution in [0.5, 0.6) is 0 Å². The van der Waals surface area contributed by atoms with Crippen molar-refractivity contribution >= 4 is 52.1 Å². The van der Waals surface area contributed by atoms with Gasteiger partial charge >= 0.3 is 0 Å². The number of carbonyl (C=O) groups excluding carboxylic acids is 3. The molecule has 3 amide bonds. The number of carbonyl (C=O) groups is 3.